The van der Waals surface area contributed by atoms with E-state index in [9.17, 15) is 10.1 Å². The first kappa shape index (κ1) is 19.9. The number of aryl methyl sites for hydroxylation is 1. The van der Waals surface area contributed by atoms with Crippen molar-refractivity contribution in [1.82, 2.24) is 29.6 Å². The minimum Gasteiger partial charge on any atom is -0.383 e. The highest BCUT2D eigenvalue weighted by atomic mass is 32.1. The molecule has 160 valence electrons. The molecule has 1 fully saturated rings. The Bertz CT molecular complexity index is 1350. The lowest BCUT2D eigenvalue weighted by atomic mass is 10.1. The Hall–Kier alpha value is -4.04. The highest BCUT2D eigenvalue weighted by Gasteiger charge is 2.28. The summed E-state index contributed by atoms with van der Waals surface area (Å²) in [5, 5.41) is 18.0. The number of hydrogen-bond donors (Lipinski definition) is 2. The molecule has 1 atom stereocenters. The molecule has 0 saturated carbocycles. The Labute approximate surface area is 187 Å². The molecule has 5 rings (SSSR count). The predicted molar refractivity (Wildman–Crippen MR) is 121 cm³/mol. The maximum absolute atomic E-state index is 12.5. The van der Waals surface area contributed by atoms with E-state index in [4.69, 9.17) is 10.8 Å². The van der Waals surface area contributed by atoms with Gasteiger partial charge in [-0.1, -0.05) is 12.1 Å². The van der Waals surface area contributed by atoms with Gasteiger partial charge in [0.1, 0.15) is 17.8 Å². The maximum Gasteiger partial charge on any atom is 0.257 e. The van der Waals surface area contributed by atoms with Gasteiger partial charge in [0, 0.05) is 28.7 Å². The highest BCUT2D eigenvalue weighted by Crippen LogP contribution is 2.33. The number of fused-ring (bicyclic) bond motifs is 1. The van der Waals surface area contributed by atoms with Gasteiger partial charge in [-0.15, -0.1) is 11.3 Å². The number of thiazole rings is 1. The number of benzene rings is 1. The maximum atomic E-state index is 12.5. The van der Waals surface area contributed by atoms with E-state index in [0.29, 0.717) is 46.3 Å². The molecule has 1 saturated heterocycles. The van der Waals surface area contributed by atoms with Crippen LogP contribution < -0.4 is 11.1 Å². The number of aromatic nitrogens is 5. The molecular weight excluding hydrogens is 426 g/mol. The summed E-state index contributed by atoms with van der Waals surface area (Å²) in [7, 11) is 0. The number of amides is 1. The molecule has 11 heteroatoms. The van der Waals surface area contributed by atoms with Crippen LogP contribution in [0.15, 0.2) is 36.8 Å². The highest BCUT2D eigenvalue weighted by molar-refractivity contribution is 7.15. The molecule has 4 heterocycles. The SMILES string of the molecule is Cc1cnc(NC(=O)c2ccc(-c3nn([C@@H]4CCN(C#N)C4)c4ncnc(N)c34)cc2)s1. The third-order valence-electron chi connectivity index (χ3n) is 5.43. The standard InChI is InChI=1S/C21H19N9OS/c1-12-8-24-21(32-12)27-20(31)14-4-2-13(3-5-14)17-16-18(23)25-11-26-19(16)30(28-17)15-6-7-29(9-15)10-22/h2-5,8,11,15H,6-7,9H2,1H3,(H2,23,25,26)(H,24,27,31)/t15-/m1/s1. The largest absolute Gasteiger partial charge is 0.383 e. The number of nitriles is 1. The van der Waals surface area contributed by atoms with E-state index in [0.717, 1.165) is 16.9 Å². The van der Waals surface area contributed by atoms with Crippen molar-refractivity contribution < 1.29 is 4.79 Å². The number of rotatable bonds is 4. The van der Waals surface area contributed by atoms with Crippen LogP contribution in [-0.2, 0) is 0 Å². The van der Waals surface area contributed by atoms with Gasteiger partial charge < -0.3 is 10.6 Å². The minimum atomic E-state index is -0.230. The number of carbonyl (C=O) groups excluding carboxylic acids is 1. The number of likely N-dealkylation sites (tertiary alicyclic amines) is 1. The van der Waals surface area contributed by atoms with Crippen LogP contribution in [0.5, 0.6) is 0 Å². The van der Waals surface area contributed by atoms with E-state index in [1.54, 1.807) is 23.2 Å². The van der Waals surface area contributed by atoms with Gasteiger partial charge in [0.25, 0.3) is 5.91 Å². The van der Waals surface area contributed by atoms with Gasteiger partial charge >= 0.3 is 0 Å². The fraction of sp³-hybridized carbons (Fsp3) is 0.238. The van der Waals surface area contributed by atoms with Gasteiger partial charge in [-0.25, -0.2) is 19.6 Å². The normalized spacial score (nSPS) is 15.8. The lowest BCUT2D eigenvalue weighted by Crippen LogP contribution is -2.17. The molecule has 3 N–H and O–H groups in total. The summed E-state index contributed by atoms with van der Waals surface area (Å²) >= 11 is 1.42. The molecule has 32 heavy (non-hydrogen) atoms. The van der Waals surface area contributed by atoms with Crippen LogP contribution in [0, 0.1) is 18.4 Å². The molecule has 1 aliphatic heterocycles. The average molecular weight is 446 g/mol. The van der Waals surface area contributed by atoms with E-state index in [2.05, 4.69) is 26.5 Å². The number of anilines is 2. The molecular formula is C21H19N9OS. The topological polar surface area (TPSA) is 139 Å². The summed E-state index contributed by atoms with van der Waals surface area (Å²) < 4.78 is 1.84. The molecule has 0 bridgehead atoms. The zero-order chi connectivity index (χ0) is 22.2. The molecule has 0 aliphatic carbocycles. The Morgan fingerprint density at radius 3 is 2.78 bits per heavy atom. The van der Waals surface area contributed by atoms with Gasteiger partial charge in [-0.05, 0) is 25.5 Å². The second kappa shape index (κ2) is 7.90. The Morgan fingerprint density at radius 1 is 1.28 bits per heavy atom. The van der Waals surface area contributed by atoms with Crippen molar-refractivity contribution in [3.63, 3.8) is 0 Å². The number of carbonyl (C=O) groups is 1. The van der Waals surface area contributed by atoms with E-state index in [1.807, 2.05) is 23.7 Å². The molecule has 1 amide bonds. The van der Waals surface area contributed by atoms with Crippen molar-refractivity contribution >= 4 is 39.2 Å². The van der Waals surface area contributed by atoms with Gasteiger partial charge in [0.05, 0.1) is 18.0 Å². The van der Waals surface area contributed by atoms with E-state index >= 15 is 0 Å². The van der Waals surface area contributed by atoms with Crippen LogP contribution in [0.3, 0.4) is 0 Å². The third-order valence-corrected chi connectivity index (χ3v) is 6.26. The summed E-state index contributed by atoms with van der Waals surface area (Å²) in [5.41, 5.74) is 8.78. The number of nitrogen functional groups attached to an aromatic ring is 1. The molecule has 4 aromatic rings. The van der Waals surface area contributed by atoms with Gasteiger partial charge in [0.2, 0.25) is 0 Å². The number of hydrogen-bond acceptors (Lipinski definition) is 9. The monoisotopic (exact) mass is 445 g/mol. The summed E-state index contributed by atoms with van der Waals surface area (Å²) in [6.45, 7) is 3.19. The number of nitrogens with zero attached hydrogens (tertiary/aromatic N) is 7. The van der Waals surface area contributed by atoms with Crippen LogP contribution in [0.1, 0.15) is 27.7 Å². The van der Waals surface area contributed by atoms with Crippen molar-refractivity contribution in [3.8, 4) is 17.5 Å². The van der Waals surface area contributed by atoms with Gasteiger partial charge in [-0.2, -0.15) is 10.4 Å². The fourth-order valence-electron chi connectivity index (χ4n) is 3.85. The second-order valence-electron chi connectivity index (χ2n) is 7.55. The minimum absolute atomic E-state index is 0.0204. The first-order valence-electron chi connectivity index (χ1n) is 10.0. The van der Waals surface area contributed by atoms with E-state index in [-0.39, 0.29) is 11.9 Å². The van der Waals surface area contributed by atoms with Crippen LogP contribution in [0.2, 0.25) is 0 Å². The number of nitrogens with one attached hydrogen (secondary N) is 1. The molecule has 1 aromatic carbocycles. The predicted octanol–water partition coefficient (Wildman–Crippen LogP) is 2.82. The quantitative estimate of drug-likeness (QED) is 0.457. The van der Waals surface area contributed by atoms with Crippen molar-refractivity contribution in [1.29, 1.82) is 5.26 Å². The first-order chi connectivity index (χ1) is 15.5. The lowest BCUT2D eigenvalue weighted by molar-refractivity contribution is 0.102. The molecule has 0 radical (unpaired) electrons. The molecule has 10 nitrogen and oxygen atoms in total. The summed E-state index contributed by atoms with van der Waals surface area (Å²) in [6, 6.07) is 7.16. The van der Waals surface area contributed by atoms with Gasteiger partial charge in [-0.3, -0.25) is 10.1 Å². The van der Waals surface area contributed by atoms with Crippen molar-refractivity contribution in [3.05, 3.63) is 47.2 Å². The smallest absolute Gasteiger partial charge is 0.257 e. The van der Waals surface area contributed by atoms with Crippen molar-refractivity contribution in [2.75, 3.05) is 24.1 Å². The van der Waals surface area contributed by atoms with E-state index < -0.39 is 0 Å². The molecule has 1 aliphatic rings. The Kier molecular flexibility index (Phi) is 4.91. The van der Waals surface area contributed by atoms with Crippen molar-refractivity contribution in [2.24, 2.45) is 0 Å². The van der Waals surface area contributed by atoms with Crippen LogP contribution in [0.25, 0.3) is 22.3 Å². The molecule has 3 aromatic heterocycles. The van der Waals surface area contributed by atoms with Crippen molar-refractivity contribution in [2.45, 2.75) is 19.4 Å². The Balaban J connectivity index is 1.48. The third kappa shape index (κ3) is 3.50. The number of nitrogens with two attached hydrogens (primary N) is 1. The van der Waals surface area contributed by atoms with Crippen LogP contribution >= 0.6 is 11.3 Å². The summed E-state index contributed by atoms with van der Waals surface area (Å²) in [6.07, 6.45) is 6.13. The van der Waals surface area contributed by atoms with Gasteiger partial charge in [0.15, 0.2) is 17.0 Å². The first-order valence-corrected chi connectivity index (χ1v) is 10.8. The average Bonchev–Trinajstić information content (AvgIpc) is 3.52. The Morgan fingerprint density at radius 2 is 2.09 bits per heavy atom. The zero-order valence-electron chi connectivity index (χ0n) is 17.2. The summed E-state index contributed by atoms with van der Waals surface area (Å²) in [4.78, 5) is 28.0. The van der Waals surface area contributed by atoms with E-state index in [1.165, 1.54) is 17.7 Å². The lowest BCUT2D eigenvalue weighted by Gasteiger charge is -2.11. The molecule has 0 unspecified atom stereocenters. The van der Waals surface area contributed by atoms with Crippen LogP contribution in [0.4, 0.5) is 10.9 Å². The fourth-order valence-corrected chi connectivity index (χ4v) is 4.51. The zero-order valence-corrected chi connectivity index (χ0v) is 18.0. The molecule has 0 spiro atoms. The summed E-state index contributed by atoms with van der Waals surface area (Å²) in [5.74, 6) is 0.110. The van der Waals surface area contributed by atoms with Crippen LogP contribution in [-0.4, -0.2) is 48.6 Å². The second-order valence-corrected chi connectivity index (χ2v) is 8.78.